The van der Waals surface area contributed by atoms with Gasteiger partial charge in [-0.1, -0.05) is 39.3 Å². The maximum absolute atomic E-state index is 9.04. The Hall–Kier alpha value is -0.123. The van der Waals surface area contributed by atoms with Crippen LogP contribution < -0.4 is 0 Å². The summed E-state index contributed by atoms with van der Waals surface area (Å²) < 4.78 is 6.41. The Morgan fingerprint density at radius 3 is 2.00 bits per heavy atom. The Labute approximate surface area is 108 Å². The van der Waals surface area contributed by atoms with Crippen LogP contribution in [-0.2, 0) is 4.43 Å². The Bertz CT molecular complexity index is 226. The molecule has 0 radical (unpaired) electrons. The first-order valence-electron chi connectivity index (χ1n) is 6.90. The van der Waals surface area contributed by atoms with Crippen LogP contribution in [0.15, 0.2) is 11.6 Å². The van der Waals surface area contributed by atoms with Crippen LogP contribution >= 0.6 is 0 Å². The van der Waals surface area contributed by atoms with Crippen LogP contribution in [0.2, 0.25) is 18.1 Å². The van der Waals surface area contributed by atoms with Crippen molar-refractivity contribution < 1.29 is 9.53 Å². The average molecular weight is 258 g/mol. The molecule has 0 spiro atoms. The summed E-state index contributed by atoms with van der Waals surface area (Å²) in [6.45, 7) is 13.2. The molecule has 3 heteroatoms. The standard InChI is InChI=1S/C14H30O2Si/c1-7-17(8-2,9-3)16-14(6)13(5)10-12(4)11-15/h10,13-15H,7-9,11H2,1-6H3/b12-10-/t13-,14-/m0/s1. The zero-order valence-electron chi connectivity index (χ0n) is 12.4. The third kappa shape index (κ3) is 5.36. The van der Waals surface area contributed by atoms with Gasteiger partial charge < -0.3 is 9.53 Å². The highest BCUT2D eigenvalue weighted by molar-refractivity contribution is 6.73. The van der Waals surface area contributed by atoms with Crippen LogP contribution in [0.4, 0.5) is 0 Å². The molecule has 2 atom stereocenters. The maximum Gasteiger partial charge on any atom is 0.192 e. The maximum atomic E-state index is 9.04. The topological polar surface area (TPSA) is 29.5 Å². The molecule has 0 rings (SSSR count). The average Bonchev–Trinajstić information content (AvgIpc) is 2.35. The molecule has 0 heterocycles. The van der Waals surface area contributed by atoms with Gasteiger partial charge in [-0.25, -0.2) is 0 Å². The van der Waals surface area contributed by atoms with Gasteiger partial charge in [-0.2, -0.15) is 0 Å². The van der Waals surface area contributed by atoms with E-state index in [2.05, 4.69) is 40.7 Å². The lowest BCUT2D eigenvalue weighted by atomic mass is 10.0. The Morgan fingerprint density at radius 2 is 1.65 bits per heavy atom. The van der Waals surface area contributed by atoms with Gasteiger partial charge in [0.1, 0.15) is 0 Å². The lowest BCUT2D eigenvalue weighted by Crippen LogP contribution is -2.40. The van der Waals surface area contributed by atoms with Gasteiger partial charge in [0, 0.05) is 6.10 Å². The minimum atomic E-state index is -1.50. The Morgan fingerprint density at radius 1 is 1.18 bits per heavy atom. The molecule has 0 aromatic heterocycles. The number of hydrogen-bond acceptors (Lipinski definition) is 2. The normalized spacial score (nSPS) is 17.0. The van der Waals surface area contributed by atoms with E-state index in [1.165, 1.54) is 18.1 Å². The van der Waals surface area contributed by atoms with E-state index in [1.54, 1.807) is 0 Å². The van der Waals surface area contributed by atoms with E-state index in [0.29, 0.717) is 5.92 Å². The highest BCUT2D eigenvalue weighted by Gasteiger charge is 2.31. The zero-order chi connectivity index (χ0) is 13.5. The summed E-state index contributed by atoms with van der Waals surface area (Å²) in [4.78, 5) is 0. The summed E-state index contributed by atoms with van der Waals surface area (Å²) in [5.74, 6) is 0.374. The molecule has 0 saturated carbocycles. The van der Waals surface area contributed by atoms with Crippen molar-refractivity contribution in [2.24, 2.45) is 5.92 Å². The molecule has 0 aliphatic rings. The van der Waals surface area contributed by atoms with Crippen LogP contribution in [0, 0.1) is 5.92 Å². The molecule has 0 aromatic carbocycles. The second-order valence-electron chi connectivity index (χ2n) is 5.10. The van der Waals surface area contributed by atoms with Crippen LogP contribution in [0.3, 0.4) is 0 Å². The summed E-state index contributed by atoms with van der Waals surface area (Å²) in [7, 11) is -1.50. The van der Waals surface area contributed by atoms with Crippen LogP contribution in [0.25, 0.3) is 0 Å². The van der Waals surface area contributed by atoms with E-state index in [4.69, 9.17) is 9.53 Å². The number of hydrogen-bond donors (Lipinski definition) is 1. The summed E-state index contributed by atoms with van der Waals surface area (Å²) in [5, 5.41) is 9.04. The summed E-state index contributed by atoms with van der Waals surface area (Å²) in [6, 6.07) is 3.58. The molecule has 1 N–H and O–H groups in total. The quantitative estimate of drug-likeness (QED) is 0.527. The first-order valence-corrected chi connectivity index (χ1v) is 9.43. The molecule has 0 aromatic rings. The van der Waals surface area contributed by atoms with E-state index >= 15 is 0 Å². The smallest absolute Gasteiger partial charge is 0.192 e. The number of aliphatic hydroxyl groups excluding tert-OH is 1. The lowest BCUT2D eigenvalue weighted by molar-refractivity contribution is 0.168. The zero-order valence-corrected chi connectivity index (χ0v) is 13.4. The number of rotatable bonds is 8. The molecule has 0 aliphatic carbocycles. The summed E-state index contributed by atoms with van der Waals surface area (Å²) in [5.41, 5.74) is 1.03. The van der Waals surface area contributed by atoms with Crippen molar-refractivity contribution in [3.05, 3.63) is 11.6 Å². The van der Waals surface area contributed by atoms with E-state index in [0.717, 1.165) is 5.57 Å². The van der Waals surface area contributed by atoms with Gasteiger partial charge in [-0.05, 0) is 37.9 Å². The summed E-state index contributed by atoms with van der Waals surface area (Å²) in [6.07, 6.45) is 2.38. The van der Waals surface area contributed by atoms with Crippen molar-refractivity contribution in [3.8, 4) is 0 Å². The molecule has 0 unspecified atom stereocenters. The molecule has 102 valence electrons. The molecular formula is C14H30O2Si. The van der Waals surface area contributed by atoms with Gasteiger partial charge in [0.25, 0.3) is 0 Å². The van der Waals surface area contributed by atoms with Gasteiger partial charge in [-0.3, -0.25) is 0 Å². The van der Waals surface area contributed by atoms with Gasteiger partial charge >= 0.3 is 0 Å². The van der Waals surface area contributed by atoms with Crippen molar-refractivity contribution in [2.45, 2.75) is 65.8 Å². The third-order valence-corrected chi connectivity index (χ3v) is 8.64. The van der Waals surface area contributed by atoms with E-state index < -0.39 is 8.32 Å². The van der Waals surface area contributed by atoms with Gasteiger partial charge in [-0.15, -0.1) is 0 Å². The van der Waals surface area contributed by atoms with Crippen LogP contribution in [0.1, 0.15) is 41.5 Å². The monoisotopic (exact) mass is 258 g/mol. The van der Waals surface area contributed by atoms with Crippen molar-refractivity contribution >= 4 is 8.32 Å². The second-order valence-corrected chi connectivity index (χ2v) is 9.82. The van der Waals surface area contributed by atoms with Gasteiger partial charge in [0.05, 0.1) is 6.61 Å². The molecule has 0 saturated heterocycles. The Balaban J connectivity index is 4.56. The fourth-order valence-electron chi connectivity index (χ4n) is 2.14. The summed E-state index contributed by atoms with van der Waals surface area (Å²) >= 11 is 0. The second kappa shape index (κ2) is 8.06. The highest BCUT2D eigenvalue weighted by Crippen LogP contribution is 2.26. The van der Waals surface area contributed by atoms with Crippen molar-refractivity contribution in [1.82, 2.24) is 0 Å². The molecule has 17 heavy (non-hydrogen) atoms. The van der Waals surface area contributed by atoms with Crippen molar-refractivity contribution in [3.63, 3.8) is 0 Å². The predicted molar refractivity (Wildman–Crippen MR) is 77.8 cm³/mol. The number of aliphatic hydroxyl groups is 1. The first-order chi connectivity index (χ1) is 7.94. The predicted octanol–water partition coefficient (Wildman–Crippen LogP) is 3.97. The fraction of sp³-hybridized carbons (Fsp3) is 0.857. The van der Waals surface area contributed by atoms with E-state index in [-0.39, 0.29) is 12.7 Å². The third-order valence-electron chi connectivity index (χ3n) is 3.91. The molecule has 2 nitrogen and oxygen atoms in total. The molecule has 0 amide bonds. The Kier molecular flexibility index (Phi) is 8.00. The highest BCUT2D eigenvalue weighted by atomic mass is 28.4. The fourth-order valence-corrected chi connectivity index (χ4v) is 5.14. The van der Waals surface area contributed by atoms with Crippen molar-refractivity contribution in [2.75, 3.05) is 6.61 Å². The lowest BCUT2D eigenvalue weighted by Gasteiger charge is -2.33. The van der Waals surface area contributed by atoms with E-state index in [9.17, 15) is 0 Å². The first kappa shape index (κ1) is 16.9. The largest absolute Gasteiger partial charge is 0.414 e. The van der Waals surface area contributed by atoms with Crippen LogP contribution in [-0.4, -0.2) is 26.1 Å². The minimum Gasteiger partial charge on any atom is -0.414 e. The van der Waals surface area contributed by atoms with E-state index in [1.807, 2.05) is 6.92 Å². The SMILES string of the molecule is CC[Si](CC)(CC)O[C@@H](C)[C@@H](C)/C=C(/C)CO. The van der Waals surface area contributed by atoms with Crippen molar-refractivity contribution in [1.29, 1.82) is 0 Å². The van der Waals surface area contributed by atoms with Gasteiger partial charge in [0.15, 0.2) is 8.32 Å². The van der Waals surface area contributed by atoms with Gasteiger partial charge in [0.2, 0.25) is 0 Å². The minimum absolute atomic E-state index is 0.148. The van der Waals surface area contributed by atoms with Crippen LogP contribution in [0.5, 0.6) is 0 Å². The molecule has 0 aliphatic heterocycles. The molecular weight excluding hydrogens is 228 g/mol. The molecule has 0 bridgehead atoms. The molecule has 0 fully saturated rings.